The van der Waals surface area contributed by atoms with E-state index in [1.165, 1.54) is 6.07 Å². The van der Waals surface area contributed by atoms with E-state index in [9.17, 15) is 4.39 Å². The lowest BCUT2D eigenvalue weighted by Gasteiger charge is -2.30. The number of nitrogens with one attached hydrogen (secondary N) is 2. The van der Waals surface area contributed by atoms with Crippen molar-refractivity contribution in [3.8, 4) is 11.4 Å². The molecule has 1 aliphatic rings. The number of anilines is 1. The van der Waals surface area contributed by atoms with Crippen LogP contribution in [0.15, 0.2) is 18.2 Å². The quantitative estimate of drug-likeness (QED) is 0.914. The second kappa shape index (κ2) is 5.99. The molecule has 1 aromatic heterocycles. The fourth-order valence-electron chi connectivity index (χ4n) is 2.54. The fourth-order valence-corrected chi connectivity index (χ4v) is 2.72. The van der Waals surface area contributed by atoms with Crippen LogP contribution < -0.4 is 10.2 Å². The maximum atomic E-state index is 13.2. The molecule has 1 saturated heterocycles. The van der Waals surface area contributed by atoms with E-state index < -0.39 is 5.82 Å². The van der Waals surface area contributed by atoms with Gasteiger partial charge in [0.25, 0.3) is 0 Å². The molecule has 0 radical (unpaired) electrons. The van der Waals surface area contributed by atoms with Crippen molar-refractivity contribution in [2.45, 2.75) is 18.9 Å². The minimum atomic E-state index is -0.436. The van der Waals surface area contributed by atoms with Crippen molar-refractivity contribution in [1.82, 2.24) is 20.5 Å². The molecule has 0 bridgehead atoms. The van der Waals surface area contributed by atoms with Crippen LogP contribution in [-0.4, -0.2) is 41.4 Å². The first-order chi connectivity index (χ1) is 10.2. The first-order valence-electron chi connectivity index (χ1n) is 6.97. The number of aromatic amines is 1. The Balaban J connectivity index is 1.76. The van der Waals surface area contributed by atoms with E-state index in [0.29, 0.717) is 17.8 Å². The van der Waals surface area contributed by atoms with Crippen molar-refractivity contribution in [2.75, 3.05) is 25.0 Å². The first-order valence-corrected chi connectivity index (χ1v) is 7.35. The van der Waals surface area contributed by atoms with Gasteiger partial charge < -0.3 is 10.2 Å². The molecule has 1 aliphatic heterocycles. The Labute approximate surface area is 127 Å². The molecule has 0 saturated carbocycles. The molecule has 112 valence electrons. The Bertz CT molecular complexity index is 622. The van der Waals surface area contributed by atoms with Crippen LogP contribution in [0.25, 0.3) is 11.4 Å². The molecule has 21 heavy (non-hydrogen) atoms. The summed E-state index contributed by atoms with van der Waals surface area (Å²) in [6, 6.07) is 5.08. The Morgan fingerprint density at radius 2 is 2.14 bits per heavy atom. The average Bonchev–Trinajstić information content (AvgIpc) is 3.00. The number of H-pyrrole nitrogens is 1. The van der Waals surface area contributed by atoms with Gasteiger partial charge >= 0.3 is 0 Å². The van der Waals surface area contributed by atoms with Crippen LogP contribution in [0, 0.1) is 5.82 Å². The van der Waals surface area contributed by atoms with Crippen molar-refractivity contribution < 1.29 is 4.39 Å². The summed E-state index contributed by atoms with van der Waals surface area (Å²) < 4.78 is 13.2. The molecule has 0 unspecified atom stereocenters. The summed E-state index contributed by atoms with van der Waals surface area (Å²) in [6.45, 7) is 1.85. The van der Waals surface area contributed by atoms with E-state index in [1.807, 2.05) is 7.05 Å². The second-order valence-corrected chi connectivity index (χ2v) is 5.57. The van der Waals surface area contributed by atoms with Gasteiger partial charge in [-0.1, -0.05) is 11.6 Å². The van der Waals surface area contributed by atoms with Crippen molar-refractivity contribution in [2.24, 2.45) is 0 Å². The van der Waals surface area contributed by atoms with Gasteiger partial charge in [-0.25, -0.2) is 4.39 Å². The lowest BCUT2D eigenvalue weighted by Crippen LogP contribution is -2.41. The molecule has 2 aromatic rings. The van der Waals surface area contributed by atoms with Gasteiger partial charge in [-0.05, 0) is 38.1 Å². The number of hydrogen-bond acceptors (Lipinski definition) is 4. The molecule has 7 heteroatoms. The smallest absolute Gasteiger partial charge is 0.245 e. The maximum Gasteiger partial charge on any atom is 0.245 e. The van der Waals surface area contributed by atoms with Gasteiger partial charge in [0.15, 0.2) is 5.82 Å². The van der Waals surface area contributed by atoms with Crippen molar-refractivity contribution in [1.29, 1.82) is 0 Å². The van der Waals surface area contributed by atoms with Crippen LogP contribution in [0.2, 0.25) is 5.02 Å². The van der Waals surface area contributed by atoms with Gasteiger partial charge in [-0.3, -0.25) is 5.10 Å². The molecular formula is C14H17ClFN5. The summed E-state index contributed by atoms with van der Waals surface area (Å²) in [5, 5.41) is 10.5. The number of piperidine rings is 1. The van der Waals surface area contributed by atoms with E-state index >= 15 is 0 Å². The SMILES string of the molecule is CNC1CCN(c2n[nH]c(-c3ccc(F)c(Cl)c3)n2)CC1. The van der Waals surface area contributed by atoms with E-state index in [0.717, 1.165) is 31.5 Å². The highest BCUT2D eigenvalue weighted by Crippen LogP contribution is 2.24. The monoisotopic (exact) mass is 309 g/mol. The van der Waals surface area contributed by atoms with Crippen LogP contribution in [0.3, 0.4) is 0 Å². The zero-order valence-electron chi connectivity index (χ0n) is 11.7. The largest absolute Gasteiger partial charge is 0.339 e. The van der Waals surface area contributed by atoms with Crippen molar-refractivity contribution in [3.63, 3.8) is 0 Å². The van der Waals surface area contributed by atoms with Crippen LogP contribution in [0.5, 0.6) is 0 Å². The van der Waals surface area contributed by atoms with E-state index in [-0.39, 0.29) is 5.02 Å². The summed E-state index contributed by atoms with van der Waals surface area (Å²) in [6.07, 6.45) is 2.14. The number of halogens is 2. The lowest BCUT2D eigenvalue weighted by atomic mass is 10.1. The number of aromatic nitrogens is 3. The summed E-state index contributed by atoms with van der Waals surface area (Å²) in [4.78, 5) is 6.64. The molecule has 1 fully saturated rings. The highest BCUT2D eigenvalue weighted by Gasteiger charge is 2.21. The first kappa shape index (κ1) is 14.3. The molecule has 3 rings (SSSR count). The summed E-state index contributed by atoms with van der Waals surface area (Å²) in [5.74, 6) is 0.844. The fraction of sp³-hybridized carbons (Fsp3) is 0.429. The Hall–Kier alpha value is -1.66. The van der Waals surface area contributed by atoms with Crippen LogP contribution in [0.1, 0.15) is 12.8 Å². The third-order valence-electron chi connectivity index (χ3n) is 3.85. The average molecular weight is 310 g/mol. The highest BCUT2D eigenvalue weighted by molar-refractivity contribution is 6.31. The molecule has 0 aliphatic carbocycles. The molecule has 1 aromatic carbocycles. The van der Waals surface area contributed by atoms with Gasteiger partial charge in [-0.2, -0.15) is 4.98 Å². The zero-order valence-corrected chi connectivity index (χ0v) is 12.5. The van der Waals surface area contributed by atoms with Crippen molar-refractivity contribution >= 4 is 17.5 Å². The van der Waals surface area contributed by atoms with Gasteiger partial charge in [0.05, 0.1) is 5.02 Å². The highest BCUT2D eigenvalue weighted by atomic mass is 35.5. The number of hydrogen-bond donors (Lipinski definition) is 2. The summed E-state index contributed by atoms with van der Waals surface area (Å²) in [7, 11) is 1.99. The number of nitrogens with zero attached hydrogens (tertiary/aromatic N) is 3. The molecule has 5 nitrogen and oxygen atoms in total. The Morgan fingerprint density at radius 3 is 2.81 bits per heavy atom. The number of rotatable bonds is 3. The molecule has 2 heterocycles. The standard InChI is InChI=1S/C14H17ClFN5/c1-17-10-4-6-21(7-5-10)14-18-13(19-20-14)9-2-3-12(16)11(15)8-9/h2-3,8,10,17H,4-7H2,1H3,(H,18,19,20). The molecular weight excluding hydrogens is 293 g/mol. The predicted octanol–water partition coefficient (Wildman–Crippen LogP) is 2.45. The van der Waals surface area contributed by atoms with Gasteiger partial charge in [-0.15, -0.1) is 5.10 Å². The summed E-state index contributed by atoms with van der Waals surface area (Å²) in [5.41, 5.74) is 0.727. The van der Waals surface area contributed by atoms with E-state index in [2.05, 4.69) is 25.4 Å². The van der Waals surface area contributed by atoms with Gasteiger partial charge in [0.1, 0.15) is 5.82 Å². The normalized spacial score (nSPS) is 16.4. The minimum absolute atomic E-state index is 0.0836. The molecule has 0 amide bonds. The van der Waals surface area contributed by atoms with E-state index in [4.69, 9.17) is 11.6 Å². The zero-order chi connectivity index (χ0) is 14.8. The predicted molar refractivity (Wildman–Crippen MR) is 81.1 cm³/mol. The maximum absolute atomic E-state index is 13.2. The summed E-state index contributed by atoms with van der Waals surface area (Å²) >= 11 is 5.80. The Kier molecular flexibility index (Phi) is 4.07. The van der Waals surface area contributed by atoms with Gasteiger partial charge in [0, 0.05) is 24.7 Å². The second-order valence-electron chi connectivity index (χ2n) is 5.16. The van der Waals surface area contributed by atoms with Gasteiger partial charge in [0.2, 0.25) is 5.95 Å². The number of benzene rings is 1. The minimum Gasteiger partial charge on any atom is -0.339 e. The van der Waals surface area contributed by atoms with E-state index in [1.54, 1.807) is 12.1 Å². The topological polar surface area (TPSA) is 56.8 Å². The van der Waals surface area contributed by atoms with Crippen LogP contribution in [0.4, 0.5) is 10.3 Å². The molecule has 0 spiro atoms. The molecule has 2 N–H and O–H groups in total. The van der Waals surface area contributed by atoms with Crippen LogP contribution >= 0.6 is 11.6 Å². The van der Waals surface area contributed by atoms with Crippen molar-refractivity contribution in [3.05, 3.63) is 29.0 Å². The lowest BCUT2D eigenvalue weighted by molar-refractivity contribution is 0.439. The third kappa shape index (κ3) is 3.01. The Morgan fingerprint density at radius 1 is 1.38 bits per heavy atom. The third-order valence-corrected chi connectivity index (χ3v) is 4.14. The van der Waals surface area contributed by atoms with Crippen LogP contribution in [-0.2, 0) is 0 Å². The molecule has 0 atom stereocenters.